The molecule has 0 atom stereocenters. The van der Waals surface area contributed by atoms with E-state index in [1.165, 1.54) is 0 Å². The van der Waals surface area contributed by atoms with Gasteiger partial charge in [-0.05, 0) is 47.0 Å². The van der Waals surface area contributed by atoms with E-state index < -0.39 is 5.97 Å². The van der Waals surface area contributed by atoms with Gasteiger partial charge in [-0.25, -0.2) is 4.79 Å². The third-order valence-electron chi connectivity index (χ3n) is 4.76. The first kappa shape index (κ1) is 18.4. The number of carbonyl (C=O) groups is 1. The number of fused-ring (bicyclic) bond motifs is 1. The van der Waals surface area contributed by atoms with E-state index in [4.69, 9.17) is 9.84 Å². The minimum Gasteiger partial charge on any atom is -0.508 e. The molecule has 0 aromatic heterocycles. The smallest absolute Gasteiger partial charge is 0.328 e. The lowest BCUT2D eigenvalue weighted by molar-refractivity contribution is -0.131. The third-order valence-corrected chi connectivity index (χ3v) is 4.76. The molecule has 0 bridgehead atoms. The first-order chi connectivity index (χ1) is 14.0. The number of benzene rings is 3. The van der Waals surface area contributed by atoms with Crippen LogP contribution in [0.3, 0.4) is 0 Å². The van der Waals surface area contributed by atoms with Crippen LogP contribution >= 0.6 is 0 Å². The second kappa shape index (κ2) is 7.56. The minimum atomic E-state index is -1.02. The van der Waals surface area contributed by atoms with Crippen molar-refractivity contribution in [3.8, 4) is 17.2 Å². The molecule has 4 rings (SSSR count). The van der Waals surface area contributed by atoms with Crippen molar-refractivity contribution in [2.24, 2.45) is 0 Å². The van der Waals surface area contributed by atoms with Crippen LogP contribution in [-0.2, 0) is 4.79 Å². The Hall–Kier alpha value is -3.99. The van der Waals surface area contributed by atoms with Gasteiger partial charge in [0, 0.05) is 28.9 Å². The molecule has 0 aliphatic carbocycles. The average Bonchev–Trinajstić information content (AvgIpc) is 2.72. The van der Waals surface area contributed by atoms with E-state index in [9.17, 15) is 15.0 Å². The highest BCUT2D eigenvalue weighted by atomic mass is 16.5. The third kappa shape index (κ3) is 3.71. The molecule has 0 unspecified atom stereocenters. The maximum atomic E-state index is 11.0. The van der Waals surface area contributed by atoms with Crippen LogP contribution < -0.4 is 4.74 Å². The number of ether oxygens (including phenoxy) is 1. The molecule has 0 saturated carbocycles. The molecule has 29 heavy (non-hydrogen) atoms. The monoisotopic (exact) mass is 386 g/mol. The van der Waals surface area contributed by atoms with Gasteiger partial charge in [-0.3, -0.25) is 0 Å². The van der Waals surface area contributed by atoms with E-state index >= 15 is 0 Å². The van der Waals surface area contributed by atoms with E-state index in [2.05, 4.69) is 0 Å². The van der Waals surface area contributed by atoms with Crippen LogP contribution in [0.2, 0.25) is 0 Å². The van der Waals surface area contributed by atoms with Gasteiger partial charge in [-0.15, -0.1) is 0 Å². The number of carboxylic acids is 1. The zero-order valence-corrected chi connectivity index (χ0v) is 15.4. The molecule has 0 saturated heterocycles. The number of rotatable bonds is 4. The molecular weight excluding hydrogens is 368 g/mol. The second-order valence-electron chi connectivity index (χ2n) is 6.63. The van der Waals surface area contributed by atoms with E-state index in [-0.39, 0.29) is 18.1 Å². The van der Waals surface area contributed by atoms with Gasteiger partial charge in [-0.2, -0.15) is 0 Å². The van der Waals surface area contributed by atoms with Crippen LogP contribution in [0.4, 0.5) is 0 Å². The average molecular weight is 386 g/mol. The van der Waals surface area contributed by atoms with Crippen molar-refractivity contribution in [1.29, 1.82) is 0 Å². The molecule has 1 heterocycles. The molecule has 0 spiro atoms. The van der Waals surface area contributed by atoms with Gasteiger partial charge >= 0.3 is 5.97 Å². The van der Waals surface area contributed by atoms with Gasteiger partial charge in [0.25, 0.3) is 0 Å². The Balaban J connectivity index is 1.99. The highest BCUT2D eigenvalue weighted by molar-refractivity contribution is 6.03. The summed E-state index contributed by atoms with van der Waals surface area (Å²) in [5.74, 6) is -0.192. The molecule has 5 heteroatoms. The van der Waals surface area contributed by atoms with Gasteiger partial charge < -0.3 is 20.1 Å². The second-order valence-corrected chi connectivity index (χ2v) is 6.63. The summed E-state index contributed by atoms with van der Waals surface area (Å²) in [7, 11) is 0. The van der Waals surface area contributed by atoms with Crippen LogP contribution in [0.5, 0.6) is 17.2 Å². The summed E-state index contributed by atoms with van der Waals surface area (Å²) in [5, 5.41) is 28.6. The van der Waals surface area contributed by atoms with Crippen molar-refractivity contribution in [3.05, 3.63) is 95.1 Å². The molecule has 0 fully saturated rings. The minimum absolute atomic E-state index is 0.107. The Morgan fingerprint density at radius 2 is 1.62 bits per heavy atom. The molecule has 3 aromatic carbocycles. The standard InChI is InChI=1S/C24H18O5/c25-17-8-5-16(6-9-17)21-14-29-22-13-18(26)10-11-20(22)24(21)19-4-2-1-3-15(19)7-12-23(27)28/h1-13,25-26H,14H2,(H,27,28)/b12-7+. The molecule has 5 nitrogen and oxygen atoms in total. The number of carboxylic acid groups (broad SMARTS) is 1. The van der Waals surface area contributed by atoms with Crippen molar-refractivity contribution in [3.63, 3.8) is 0 Å². The van der Waals surface area contributed by atoms with E-state index in [0.717, 1.165) is 39.5 Å². The summed E-state index contributed by atoms with van der Waals surface area (Å²) in [5.41, 5.74) is 5.08. The molecule has 0 radical (unpaired) electrons. The predicted octanol–water partition coefficient (Wildman–Crippen LogP) is 4.55. The molecule has 3 aromatic rings. The lowest BCUT2D eigenvalue weighted by atomic mass is 9.85. The highest BCUT2D eigenvalue weighted by Gasteiger charge is 2.24. The van der Waals surface area contributed by atoms with Crippen molar-refractivity contribution < 1.29 is 24.9 Å². The lowest BCUT2D eigenvalue weighted by Crippen LogP contribution is -2.12. The topological polar surface area (TPSA) is 87.0 Å². The molecule has 144 valence electrons. The number of phenolic OH excluding ortho intramolecular Hbond substituents is 2. The normalized spacial score (nSPS) is 13.2. The quantitative estimate of drug-likeness (QED) is 0.573. The number of phenols is 2. The van der Waals surface area contributed by atoms with Crippen LogP contribution in [0, 0.1) is 0 Å². The number of aromatic hydroxyl groups is 2. The zero-order chi connectivity index (χ0) is 20.4. The summed E-state index contributed by atoms with van der Waals surface area (Å²) < 4.78 is 5.90. The van der Waals surface area contributed by atoms with Crippen LogP contribution in [0.25, 0.3) is 17.2 Å². The van der Waals surface area contributed by atoms with E-state index in [0.29, 0.717) is 5.75 Å². The van der Waals surface area contributed by atoms with Crippen molar-refractivity contribution >= 4 is 23.2 Å². The van der Waals surface area contributed by atoms with Gasteiger partial charge in [0.15, 0.2) is 0 Å². The number of aliphatic carboxylic acids is 1. The van der Waals surface area contributed by atoms with E-state index in [1.54, 1.807) is 36.4 Å². The number of hydrogen-bond acceptors (Lipinski definition) is 4. The molecule has 1 aliphatic heterocycles. The summed E-state index contributed by atoms with van der Waals surface area (Å²) >= 11 is 0. The highest BCUT2D eigenvalue weighted by Crippen LogP contribution is 2.43. The first-order valence-electron chi connectivity index (χ1n) is 9.02. The van der Waals surface area contributed by atoms with Crippen LogP contribution in [0.15, 0.2) is 72.8 Å². The molecule has 3 N–H and O–H groups in total. The molecular formula is C24H18O5. The SMILES string of the molecule is O=C(O)/C=C/c1ccccc1C1=C(c2ccc(O)cc2)COc2cc(O)ccc21. The summed E-state index contributed by atoms with van der Waals surface area (Å²) in [6, 6.07) is 19.3. The van der Waals surface area contributed by atoms with Gasteiger partial charge in [0.1, 0.15) is 23.9 Å². The van der Waals surface area contributed by atoms with Gasteiger partial charge in [0.2, 0.25) is 0 Å². The lowest BCUT2D eigenvalue weighted by Gasteiger charge is -2.26. The predicted molar refractivity (Wildman–Crippen MR) is 111 cm³/mol. The van der Waals surface area contributed by atoms with E-state index in [1.807, 2.05) is 36.4 Å². The fourth-order valence-corrected chi connectivity index (χ4v) is 3.45. The number of hydrogen-bond donors (Lipinski definition) is 3. The van der Waals surface area contributed by atoms with Crippen molar-refractivity contribution in [2.75, 3.05) is 6.61 Å². The molecule has 0 amide bonds. The summed E-state index contributed by atoms with van der Waals surface area (Å²) in [6.07, 6.45) is 2.67. The maximum absolute atomic E-state index is 11.0. The van der Waals surface area contributed by atoms with Crippen molar-refractivity contribution in [1.82, 2.24) is 0 Å². The molecule has 1 aliphatic rings. The maximum Gasteiger partial charge on any atom is 0.328 e. The Kier molecular flexibility index (Phi) is 4.79. The van der Waals surface area contributed by atoms with Gasteiger partial charge in [0.05, 0.1) is 0 Å². The van der Waals surface area contributed by atoms with Crippen LogP contribution in [-0.4, -0.2) is 27.9 Å². The zero-order valence-electron chi connectivity index (χ0n) is 15.4. The Labute approximate surface area is 167 Å². The van der Waals surface area contributed by atoms with Crippen molar-refractivity contribution in [2.45, 2.75) is 0 Å². The van der Waals surface area contributed by atoms with Gasteiger partial charge in [-0.1, -0.05) is 36.4 Å². The Morgan fingerprint density at radius 3 is 2.38 bits per heavy atom. The first-order valence-corrected chi connectivity index (χ1v) is 9.02. The van der Waals surface area contributed by atoms with Crippen LogP contribution in [0.1, 0.15) is 22.3 Å². The largest absolute Gasteiger partial charge is 0.508 e. The summed E-state index contributed by atoms with van der Waals surface area (Å²) in [4.78, 5) is 11.0. The Bertz CT molecular complexity index is 1140. The Morgan fingerprint density at radius 1 is 0.897 bits per heavy atom. The fourth-order valence-electron chi connectivity index (χ4n) is 3.45. The fraction of sp³-hybridized carbons (Fsp3) is 0.0417. The summed E-state index contributed by atoms with van der Waals surface area (Å²) in [6.45, 7) is 0.271.